The van der Waals surface area contributed by atoms with Crippen molar-refractivity contribution in [2.75, 3.05) is 19.0 Å². The first-order valence-corrected chi connectivity index (χ1v) is 6.93. The SMILES string of the molecule is COC(=O)C(Nc1ccccc1)c1ccc2c(c1)CCO2. The molecule has 0 bridgehead atoms. The van der Waals surface area contributed by atoms with Crippen LogP contribution in [0.4, 0.5) is 5.69 Å². The predicted molar refractivity (Wildman–Crippen MR) is 80.5 cm³/mol. The summed E-state index contributed by atoms with van der Waals surface area (Å²) < 4.78 is 10.4. The third-order valence-electron chi connectivity index (χ3n) is 3.57. The molecule has 0 amide bonds. The first-order valence-electron chi connectivity index (χ1n) is 6.93. The normalized spacial score (nSPS) is 14.0. The van der Waals surface area contributed by atoms with Crippen LogP contribution in [0.5, 0.6) is 5.75 Å². The van der Waals surface area contributed by atoms with Crippen LogP contribution in [0.2, 0.25) is 0 Å². The van der Waals surface area contributed by atoms with Crippen molar-refractivity contribution in [2.24, 2.45) is 0 Å². The van der Waals surface area contributed by atoms with Crippen LogP contribution in [0.25, 0.3) is 0 Å². The second-order valence-electron chi connectivity index (χ2n) is 4.93. The summed E-state index contributed by atoms with van der Waals surface area (Å²) in [6.45, 7) is 0.702. The Kier molecular flexibility index (Phi) is 3.77. The maximum atomic E-state index is 12.1. The van der Waals surface area contributed by atoms with Crippen molar-refractivity contribution in [3.63, 3.8) is 0 Å². The molecule has 1 heterocycles. The third kappa shape index (κ3) is 2.84. The Morgan fingerprint density at radius 3 is 2.81 bits per heavy atom. The van der Waals surface area contributed by atoms with E-state index in [1.807, 2.05) is 48.5 Å². The molecule has 0 fully saturated rings. The van der Waals surface area contributed by atoms with E-state index in [2.05, 4.69) is 5.32 Å². The monoisotopic (exact) mass is 283 g/mol. The Morgan fingerprint density at radius 1 is 1.24 bits per heavy atom. The fraction of sp³-hybridized carbons (Fsp3) is 0.235. The second kappa shape index (κ2) is 5.87. The summed E-state index contributed by atoms with van der Waals surface area (Å²) in [7, 11) is 1.40. The van der Waals surface area contributed by atoms with Crippen molar-refractivity contribution in [2.45, 2.75) is 12.5 Å². The molecule has 1 aliphatic rings. The maximum absolute atomic E-state index is 12.1. The first-order chi connectivity index (χ1) is 10.3. The highest BCUT2D eigenvalue weighted by atomic mass is 16.5. The molecule has 4 nitrogen and oxygen atoms in total. The molecule has 21 heavy (non-hydrogen) atoms. The van der Waals surface area contributed by atoms with Gasteiger partial charge in [-0.05, 0) is 35.4 Å². The Balaban J connectivity index is 1.90. The number of anilines is 1. The second-order valence-corrected chi connectivity index (χ2v) is 4.93. The van der Waals surface area contributed by atoms with Gasteiger partial charge in [-0.2, -0.15) is 0 Å². The molecule has 1 N–H and O–H groups in total. The number of fused-ring (bicyclic) bond motifs is 1. The van der Waals surface area contributed by atoms with Crippen molar-refractivity contribution in [3.8, 4) is 5.75 Å². The van der Waals surface area contributed by atoms with Gasteiger partial charge in [0, 0.05) is 12.1 Å². The lowest BCUT2D eigenvalue weighted by Gasteiger charge is -2.18. The van der Waals surface area contributed by atoms with Gasteiger partial charge in [0.2, 0.25) is 0 Å². The zero-order chi connectivity index (χ0) is 14.7. The van der Waals surface area contributed by atoms with Gasteiger partial charge < -0.3 is 14.8 Å². The maximum Gasteiger partial charge on any atom is 0.332 e. The Morgan fingerprint density at radius 2 is 2.05 bits per heavy atom. The predicted octanol–water partition coefficient (Wildman–Crippen LogP) is 2.95. The quantitative estimate of drug-likeness (QED) is 0.876. The number of ether oxygens (including phenoxy) is 2. The van der Waals surface area contributed by atoms with Gasteiger partial charge in [0.25, 0.3) is 0 Å². The Labute approximate surface area is 123 Å². The molecular formula is C17H17NO3. The average molecular weight is 283 g/mol. The lowest BCUT2D eigenvalue weighted by atomic mass is 10.0. The molecule has 0 spiro atoms. The van der Waals surface area contributed by atoms with Crippen LogP contribution in [0.3, 0.4) is 0 Å². The lowest BCUT2D eigenvalue weighted by Crippen LogP contribution is -2.22. The van der Waals surface area contributed by atoms with Crippen LogP contribution >= 0.6 is 0 Å². The lowest BCUT2D eigenvalue weighted by molar-refractivity contribution is -0.141. The molecule has 2 aromatic carbocycles. The zero-order valence-electron chi connectivity index (χ0n) is 11.8. The number of carbonyl (C=O) groups is 1. The van der Waals surface area contributed by atoms with E-state index in [1.165, 1.54) is 7.11 Å². The van der Waals surface area contributed by atoms with Crippen LogP contribution in [0.1, 0.15) is 17.2 Å². The first kappa shape index (κ1) is 13.5. The number of hydrogen-bond donors (Lipinski definition) is 1. The molecular weight excluding hydrogens is 266 g/mol. The van der Waals surface area contributed by atoms with Crippen molar-refractivity contribution < 1.29 is 14.3 Å². The van der Waals surface area contributed by atoms with E-state index in [0.29, 0.717) is 6.61 Å². The number of para-hydroxylation sites is 1. The number of hydrogen-bond acceptors (Lipinski definition) is 4. The van der Waals surface area contributed by atoms with Crippen LogP contribution in [-0.4, -0.2) is 19.7 Å². The number of carbonyl (C=O) groups excluding carboxylic acids is 1. The number of methoxy groups -OCH3 is 1. The Bertz CT molecular complexity index is 640. The fourth-order valence-electron chi connectivity index (χ4n) is 2.48. The standard InChI is InChI=1S/C17H17NO3/c1-20-17(19)16(18-14-5-3-2-4-6-14)13-7-8-15-12(11-13)9-10-21-15/h2-8,11,16,18H,9-10H2,1H3. The summed E-state index contributed by atoms with van der Waals surface area (Å²) in [6.07, 6.45) is 0.877. The van der Waals surface area contributed by atoms with Gasteiger partial charge in [-0.15, -0.1) is 0 Å². The highest BCUT2D eigenvalue weighted by Crippen LogP contribution is 2.30. The summed E-state index contributed by atoms with van der Waals surface area (Å²) >= 11 is 0. The minimum Gasteiger partial charge on any atom is -0.493 e. The third-order valence-corrected chi connectivity index (χ3v) is 3.57. The molecule has 3 rings (SSSR count). The van der Waals surface area contributed by atoms with Gasteiger partial charge in [-0.1, -0.05) is 24.3 Å². The smallest absolute Gasteiger partial charge is 0.332 e. The number of benzene rings is 2. The van der Waals surface area contributed by atoms with Crippen LogP contribution in [0.15, 0.2) is 48.5 Å². The van der Waals surface area contributed by atoms with Crippen molar-refractivity contribution >= 4 is 11.7 Å². The number of nitrogens with one attached hydrogen (secondary N) is 1. The van der Waals surface area contributed by atoms with E-state index < -0.39 is 6.04 Å². The summed E-state index contributed by atoms with van der Waals surface area (Å²) in [5, 5.41) is 3.22. The fourth-order valence-corrected chi connectivity index (χ4v) is 2.48. The van der Waals surface area contributed by atoms with Gasteiger partial charge in [0.1, 0.15) is 5.75 Å². The average Bonchev–Trinajstić information content (AvgIpc) is 3.00. The number of rotatable bonds is 4. The van der Waals surface area contributed by atoms with Crippen molar-refractivity contribution in [3.05, 3.63) is 59.7 Å². The molecule has 1 atom stereocenters. The van der Waals surface area contributed by atoms with E-state index in [9.17, 15) is 4.79 Å². The summed E-state index contributed by atoms with van der Waals surface area (Å²) in [5.41, 5.74) is 2.90. The highest BCUT2D eigenvalue weighted by Gasteiger charge is 2.23. The molecule has 4 heteroatoms. The minimum atomic E-state index is -0.525. The molecule has 0 saturated heterocycles. The number of esters is 1. The van der Waals surface area contributed by atoms with E-state index in [4.69, 9.17) is 9.47 Å². The van der Waals surface area contributed by atoms with E-state index in [-0.39, 0.29) is 5.97 Å². The van der Waals surface area contributed by atoms with E-state index in [0.717, 1.165) is 29.0 Å². The van der Waals surface area contributed by atoms with Crippen molar-refractivity contribution in [1.29, 1.82) is 0 Å². The van der Waals surface area contributed by atoms with E-state index >= 15 is 0 Å². The van der Waals surface area contributed by atoms with Crippen LogP contribution in [0, 0.1) is 0 Å². The zero-order valence-corrected chi connectivity index (χ0v) is 11.8. The molecule has 0 saturated carbocycles. The topological polar surface area (TPSA) is 47.6 Å². The molecule has 0 aromatic heterocycles. The minimum absolute atomic E-state index is 0.308. The molecule has 108 valence electrons. The largest absolute Gasteiger partial charge is 0.493 e. The van der Waals surface area contributed by atoms with E-state index in [1.54, 1.807) is 0 Å². The molecule has 2 aromatic rings. The molecule has 1 unspecified atom stereocenters. The van der Waals surface area contributed by atoms with Gasteiger partial charge in [0.05, 0.1) is 13.7 Å². The molecule has 1 aliphatic heterocycles. The highest BCUT2D eigenvalue weighted by molar-refractivity contribution is 5.81. The summed E-state index contributed by atoms with van der Waals surface area (Å²) in [4.78, 5) is 12.1. The Hall–Kier alpha value is -2.49. The summed E-state index contributed by atoms with van der Waals surface area (Å²) in [5.74, 6) is 0.597. The van der Waals surface area contributed by atoms with Crippen LogP contribution < -0.4 is 10.1 Å². The molecule has 0 aliphatic carbocycles. The van der Waals surface area contributed by atoms with Gasteiger partial charge in [0.15, 0.2) is 6.04 Å². The van der Waals surface area contributed by atoms with Gasteiger partial charge in [-0.25, -0.2) is 4.79 Å². The van der Waals surface area contributed by atoms with Gasteiger partial charge in [-0.3, -0.25) is 0 Å². The molecule has 0 radical (unpaired) electrons. The van der Waals surface area contributed by atoms with Gasteiger partial charge >= 0.3 is 5.97 Å². The summed E-state index contributed by atoms with van der Waals surface area (Å²) in [6, 6.07) is 14.9. The van der Waals surface area contributed by atoms with Crippen LogP contribution in [-0.2, 0) is 16.0 Å². The van der Waals surface area contributed by atoms with Crippen molar-refractivity contribution in [1.82, 2.24) is 0 Å².